The van der Waals surface area contributed by atoms with E-state index < -0.39 is 0 Å². The molecule has 0 saturated carbocycles. The summed E-state index contributed by atoms with van der Waals surface area (Å²) < 4.78 is 2.48. The van der Waals surface area contributed by atoms with Gasteiger partial charge in [-0.25, -0.2) is 0 Å². The van der Waals surface area contributed by atoms with Crippen LogP contribution in [0, 0.1) is 0 Å². The highest BCUT2D eigenvalue weighted by molar-refractivity contribution is 6.03. The molecule has 186 valence electrons. The van der Waals surface area contributed by atoms with Gasteiger partial charge in [0, 0.05) is 41.1 Å². The second kappa shape index (κ2) is 9.39. The molecule has 2 aliphatic heterocycles. The molecule has 3 aliphatic rings. The van der Waals surface area contributed by atoms with Crippen molar-refractivity contribution < 1.29 is 4.58 Å². The summed E-state index contributed by atoms with van der Waals surface area (Å²) in [5.74, 6) is 0. The van der Waals surface area contributed by atoms with Crippen LogP contribution in [0.4, 0.5) is 11.4 Å². The summed E-state index contributed by atoms with van der Waals surface area (Å²) in [7, 11) is 0. The number of hydrogen-bond acceptors (Lipinski definition) is 1. The Bertz CT molecular complexity index is 1330. The van der Waals surface area contributed by atoms with Crippen molar-refractivity contribution in [2.75, 3.05) is 18.0 Å². The summed E-state index contributed by atoms with van der Waals surface area (Å²) in [4.78, 5) is 2.48. The summed E-state index contributed by atoms with van der Waals surface area (Å²) >= 11 is 0. The normalized spacial score (nSPS) is 22.5. The Morgan fingerprint density at radius 3 is 2.31 bits per heavy atom. The lowest BCUT2D eigenvalue weighted by molar-refractivity contribution is -0.433. The van der Waals surface area contributed by atoms with E-state index in [0.717, 1.165) is 25.9 Å². The van der Waals surface area contributed by atoms with Gasteiger partial charge in [0.05, 0.1) is 5.41 Å². The summed E-state index contributed by atoms with van der Waals surface area (Å²) in [6.45, 7) is 15.9. The summed E-state index contributed by atoms with van der Waals surface area (Å²) in [5, 5.41) is 0. The van der Waals surface area contributed by atoms with Gasteiger partial charge >= 0.3 is 0 Å². The van der Waals surface area contributed by atoms with E-state index in [2.05, 4.69) is 130 Å². The largest absolute Gasteiger partial charge is 0.344 e. The number of nitrogens with zero attached hydrogens (tertiary/aromatic N) is 2. The quantitative estimate of drug-likeness (QED) is 0.392. The zero-order chi connectivity index (χ0) is 25.5. The minimum absolute atomic E-state index is 0.0219. The molecule has 1 aliphatic carbocycles. The third-order valence-corrected chi connectivity index (χ3v) is 8.44. The molecule has 2 nitrogen and oxygen atoms in total. The van der Waals surface area contributed by atoms with E-state index in [1.165, 1.54) is 51.5 Å². The average molecular weight is 478 g/mol. The van der Waals surface area contributed by atoms with Crippen LogP contribution < -0.4 is 4.90 Å². The number of hydrogen-bond donors (Lipinski definition) is 0. The lowest BCUT2D eigenvalue weighted by Gasteiger charge is -2.26. The van der Waals surface area contributed by atoms with Crippen molar-refractivity contribution in [2.45, 2.75) is 71.6 Å². The Morgan fingerprint density at radius 1 is 0.833 bits per heavy atom. The van der Waals surface area contributed by atoms with Crippen molar-refractivity contribution in [3.05, 3.63) is 107 Å². The van der Waals surface area contributed by atoms with Crippen LogP contribution in [-0.4, -0.2) is 23.4 Å². The van der Waals surface area contributed by atoms with Crippen LogP contribution in [0.3, 0.4) is 0 Å². The Hall–Kier alpha value is -3.13. The van der Waals surface area contributed by atoms with Crippen molar-refractivity contribution in [3.63, 3.8) is 0 Å². The summed E-state index contributed by atoms with van der Waals surface area (Å²) in [6.07, 6.45) is 15.4. The van der Waals surface area contributed by atoms with Gasteiger partial charge in [-0.3, -0.25) is 0 Å². The number of fused-ring (bicyclic) bond motifs is 2. The first-order chi connectivity index (χ1) is 17.3. The maximum atomic E-state index is 2.48. The molecule has 0 bridgehead atoms. The van der Waals surface area contributed by atoms with E-state index >= 15 is 0 Å². The SMILES string of the molecule is CCN1C(=CC=C2C=C(C=CC3=[N+](CC)c4ccccc4C3(C)C)CCC2)C(C)(C)c2ccccc21. The van der Waals surface area contributed by atoms with E-state index in [1.807, 2.05) is 0 Å². The fraction of sp³-hybridized carbons (Fsp3) is 0.382. The summed E-state index contributed by atoms with van der Waals surface area (Å²) in [5.41, 5.74) is 11.3. The number of benzene rings is 2. The van der Waals surface area contributed by atoms with Gasteiger partial charge in [-0.05, 0) is 75.8 Å². The third kappa shape index (κ3) is 4.01. The van der Waals surface area contributed by atoms with Crippen molar-refractivity contribution in [1.82, 2.24) is 0 Å². The van der Waals surface area contributed by atoms with Crippen LogP contribution in [0.15, 0.2) is 95.8 Å². The van der Waals surface area contributed by atoms with Gasteiger partial charge in [-0.1, -0.05) is 68.5 Å². The van der Waals surface area contributed by atoms with E-state index in [-0.39, 0.29) is 10.8 Å². The molecular formula is C34H41N2+. The molecule has 0 aromatic heterocycles. The fourth-order valence-electron chi connectivity index (χ4n) is 6.48. The zero-order valence-corrected chi connectivity index (χ0v) is 22.9. The molecule has 0 saturated heterocycles. The van der Waals surface area contributed by atoms with E-state index in [0.29, 0.717) is 0 Å². The Labute approximate surface area is 218 Å². The Kier molecular flexibility index (Phi) is 6.41. The van der Waals surface area contributed by atoms with Gasteiger partial charge < -0.3 is 4.90 Å². The molecular weight excluding hydrogens is 436 g/mol. The molecule has 36 heavy (non-hydrogen) atoms. The van der Waals surface area contributed by atoms with Gasteiger partial charge in [0.15, 0.2) is 5.71 Å². The highest BCUT2D eigenvalue weighted by Crippen LogP contribution is 2.47. The average Bonchev–Trinajstić information content (AvgIpc) is 3.24. The molecule has 0 fully saturated rings. The highest BCUT2D eigenvalue weighted by Gasteiger charge is 2.43. The van der Waals surface area contributed by atoms with Crippen molar-refractivity contribution in [3.8, 4) is 0 Å². The Morgan fingerprint density at radius 2 is 1.56 bits per heavy atom. The molecule has 5 rings (SSSR count). The van der Waals surface area contributed by atoms with Crippen LogP contribution in [0.25, 0.3) is 0 Å². The molecule has 0 spiro atoms. The maximum Gasteiger partial charge on any atom is 0.209 e. The fourth-order valence-corrected chi connectivity index (χ4v) is 6.48. The number of para-hydroxylation sites is 2. The predicted molar refractivity (Wildman–Crippen MR) is 155 cm³/mol. The smallest absolute Gasteiger partial charge is 0.209 e. The van der Waals surface area contributed by atoms with Gasteiger partial charge in [-0.2, -0.15) is 4.58 Å². The first kappa shape index (κ1) is 24.6. The molecule has 2 heteroatoms. The van der Waals surface area contributed by atoms with Crippen molar-refractivity contribution in [2.24, 2.45) is 0 Å². The minimum Gasteiger partial charge on any atom is -0.344 e. The van der Waals surface area contributed by atoms with Gasteiger partial charge in [0.1, 0.15) is 6.54 Å². The molecule has 0 N–H and O–H groups in total. The Balaban J connectivity index is 1.44. The number of rotatable bonds is 5. The molecule has 0 amide bonds. The monoisotopic (exact) mass is 477 g/mol. The van der Waals surface area contributed by atoms with Crippen LogP contribution in [0.5, 0.6) is 0 Å². The first-order valence-corrected chi connectivity index (χ1v) is 13.7. The molecule has 0 unspecified atom stereocenters. The van der Waals surface area contributed by atoms with Crippen molar-refractivity contribution >= 4 is 17.1 Å². The van der Waals surface area contributed by atoms with Crippen LogP contribution in [0.2, 0.25) is 0 Å². The lowest BCUT2D eigenvalue weighted by atomic mass is 9.81. The molecule has 2 aromatic carbocycles. The van der Waals surface area contributed by atoms with E-state index in [4.69, 9.17) is 0 Å². The van der Waals surface area contributed by atoms with Gasteiger partial charge in [0.25, 0.3) is 0 Å². The molecule has 2 heterocycles. The van der Waals surface area contributed by atoms with E-state index in [9.17, 15) is 0 Å². The standard InChI is InChI=1S/C34H41N2/c1-7-35-29-18-11-9-16-27(29)33(3,4)31(35)22-20-25-14-13-15-26(24-25)21-23-32-34(5,6)28-17-10-12-19-30(28)36(32)8-2/h9-12,16-24H,7-8,13-15H2,1-6H3/q+1. The predicted octanol–water partition coefficient (Wildman–Crippen LogP) is 8.38. The topological polar surface area (TPSA) is 6.25 Å². The second-order valence-corrected chi connectivity index (χ2v) is 11.4. The van der Waals surface area contributed by atoms with Gasteiger partial charge in [0.2, 0.25) is 5.69 Å². The third-order valence-electron chi connectivity index (χ3n) is 8.44. The maximum absolute atomic E-state index is 2.48. The first-order valence-electron chi connectivity index (χ1n) is 13.7. The second-order valence-electron chi connectivity index (χ2n) is 11.4. The van der Waals surface area contributed by atoms with Crippen molar-refractivity contribution in [1.29, 1.82) is 0 Å². The van der Waals surface area contributed by atoms with Crippen LogP contribution >= 0.6 is 0 Å². The lowest BCUT2D eigenvalue weighted by Crippen LogP contribution is -2.27. The van der Waals surface area contributed by atoms with Gasteiger partial charge in [-0.15, -0.1) is 0 Å². The zero-order valence-electron chi connectivity index (χ0n) is 22.9. The van der Waals surface area contributed by atoms with E-state index in [1.54, 1.807) is 0 Å². The van der Waals surface area contributed by atoms with Crippen LogP contribution in [-0.2, 0) is 10.8 Å². The van der Waals surface area contributed by atoms with Crippen LogP contribution in [0.1, 0.15) is 71.9 Å². The minimum atomic E-state index is 0.0219. The number of anilines is 1. The summed E-state index contributed by atoms with van der Waals surface area (Å²) in [6, 6.07) is 17.7. The highest BCUT2D eigenvalue weighted by atomic mass is 15.2. The molecule has 0 radical (unpaired) electrons. The number of allylic oxidation sites excluding steroid dienone is 8. The molecule has 2 aromatic rings. The molecule has 0 atom stereocenters. The number of likely N-dealkylation sites (N-methyl/N-ethyl adjacent to an activating group) is 1.